The van der Waals surface area contributed by atoms with E-state index in [2.05, 4.69) is 0 Å². The number of hydrogen-bond donors (Lipinski definition) is 2. The molecule has 0 heterocycles. The Labute approximate surface area is 148 Å². The first-order chi connectivity index (χ1) is 11.5. The van der Waals surface area contributed by atoms with E-state index in [0.29, 0.717) is 6.42 Å². The third-order valence-electron chi connectivity index (χ3n) is 4.64. The first-order valence-electron chi connectivity index (χ1n) is 8.42. The van der Waals surface area contributed by atoms with Crippen LogP contribution in [0.5, 0.6) is 0 Å². The fourth-order valence-electron chi connectivity index (χ4n) is 3.05. The van der Waals surface area contributed by atoms with Crippen LogP contribution in [-0.4, -0.2) is 16.9 Å². The van der Waals surface area contributed by atoms with E-state index in [4.69, 9.17) is 5.73 Å². The molecule has 1 rings (SSSR count). The second kappa shape index (κ2) is 8.09. The van der Waals surface area contributed by atoms with E-state index in [1.165, 1.54) is 13.1 Å². The van der Waals surface area contributed by atoms with Gasteiger partial charge in [0.25, 0.3) is 0 Å². The van der Waals surface area contributed by atoms with Crippen LogP contribution in [0.15, 0.2) is 59.4 Å². The highest BCUT2D eigenvalue weighted by Gasteiger charge is 2.54. The largest absolute Gasteiger partial charge is 0.417 e. The number of rotatable bonds is 6. The second-order valence-corrected chi connectivity index (χ2v) is 6.98. The highest BCUT2D eigenvalue weighted by Crippen LogP contribution is 2.45. The molecule has 1 aliphatic carbocycles. The second-order valence-electron chi connectivity index (χ2n) is 6.98. The molecule has 0 saturated carbocycles. The lowest BCUT2D eigenvalue weighted by Gasteiger charge is -2.38. The van der Waals surface area contributed by atoms with Gasteiger partial charge in [0.05, 0.1) is 0 Å². The molecular weight excluding hydrogens is 327 g/mol. The van der Waals surface area contributed by atoms with E-state index in [9.17, 15) is 18.3 Å². The van der Waals surface area contributed by atoms with Gasteiger partial charge in [-0.2, -0.15) is 13.2 Å². The molecule has 0 aromatic heterocycles. The van der Waals surface area contributed by atoms with Crippen LogP contribution in [0, 0.1) is 5.41 Å². The molecule has 1 unspecified atom stereocenters. The van der Waals surface area contributed by atoms with E-state index in [1.54, 1.807) is 13.8 Å². The molecule has 1 aliphatic rings. The number of aliphatic hydroxyl groups is 1. The van der Waals surface area contributed by atoms with Gasteiger partial charge in [-0.1, -0.05) is 57.2 Å². The number of allylic oxidation sites excluding steroid dienone is 9. The normalized spacial score (nSPS) is 19.4. The summed E-state index contributed by atoms with van der Waals surface area (Å²) in [5, 5.41) is 10.1. The van der Waals surface area contributed by atoms with Crippen molar-refractivity contribution >= 4 is 0 Å². The first-order valence-corrected chi connectivity index (χ1v) is 8.42. The quantitative estimate of drug-likeness (QED) is 0.632. The summed E-state index contributed by atoms with van der Waals surface area (Å²) >= 11 is 0. The average Bonchev–Trinajstić information content (AvgIpc) is 2.77. The van der Waals surface area contributed by atoms with Gasteiger partial charge in [-0.15, -0.1) is 0 Å². The van der Waals surface area contributed by atoms with Crippen molar-refractivity contribution in [1.82, 2.24) is 0 Å². The van der Waals surface area contributed by atoms with Gasteiger partial charge in [-0.05, 0) is 48.3 Å². The predicted molar refractivity (Wildman–Crippen MR) is 96.7 cm³/mol. The van der Waals surface area contributed by atoms with Crippen molar-refractivity contribution < 1.29 is 18.3 Å². The Morgan fingerprint density at radius 3 is 2.44 bits per heavy atom. The number of alkyl halides is 3. The van der Waals surface area contributed by atoms with Crippen LogP contribution in [-0.2, 0) is 0 Å². The third kappa shape index (κ3) is 5.11. The van der Waals surface area contributed by atoms with Gasteiger partial charge in [0, 0.05) is 6.20 Å². The molecule has 5 heteroatoms. The molecule has 0 aromatic carbocycles. The maximum absolute atomic E-state index is 13.3. The zero-order valence-electron chi connectivity index (χ0n) is 15.3. The summed E-state index contributed by atoms with van der Waals surface area (Å²) in [5.41, 5.74) is 4.77. The Balaban J connectivity index is 3.07. The topological polar surface area (TPSA) is 46.2 Å². The van der Waals surface area contributed by atoms with E-state index < -0.39 is 17.2 Å². The van der Waals surface area contributed by atoms with Gasteiger partial charge >= 0.3 is 6.18 Å². The summed E-state index contributed by atoms with van der Waals surface area (Å²) < 4.78 is 39.8. The van der Waals surface area contributed by atoms with Crippen LogP contribution in [0.4, 0.5) is 13.2 Å². The molecule has 0 radical (unpaired) electrons. The molecule has 3 N–H and O–H groups in total. The molecule has 0 amide bonds. The molecule has 0 fully saturated rings. The van der Waals surface area contributed by atoms with Gasteiger partial charge in [-0.3, -0.25) is 0 Å². The minimum absolute atomic E-state index is 0.373. The number of hydrogen-bond acceptors (Lipinski definition) is 2. The van der Waals surface area contributed by atoms with Crippen LogP contribution >= 0.6 is 0 Å². The smallest absolute Gasteiger partial charge is 0.404 e. The summed E-state index contributed by atoms with van der Waals surface area (Å²) in [5.74, 6) is 0. The molecule has 0 spiro atoms. The van der Waals surface area contributed by atoms with Gasteiger partial charge in [0.1, 0.15) is 0 Å². The van der Waals surface area contributed by atoms with Gasteiger partial charge < -0.3 is 10.8 Å². The van der Waals surface area contributed by atoms with E-state index in [-0.39, 0.29) is 12.8 Å². The molecule has 25 heavy (non-hydrogen) atoms. The minimum Gasteiger partial charge on any atom is -0.404 e. The summed E-state index contributed by atoms with van der Waals surface area (Å²) in [6.07, 6.45) is 7.89. The molecule has 2 nitrogen and oxygen atoms in total. The number of nitrogens with two attached hydrogens (primary N) is 1. The van der Waals surface area contributed by atoms with Crippen molar-refractivity contribution in [2.24, 2.45) is 11.1 Å². The summed E-state index contributed by atoms with van der Waals surface area (Å²) in [6, 6.07) is 0. The maximum atomic E-state index is 13.3. The van der Waals surface area contributed by atoms with Crippen molar-refractivity contribution in [3.63, 3.8) is 0 Å². The van der Waals surface area contributed by atoms with Crippen LogP contribution < -0.4 is 5.73 Å². The van der Waals surface area contributed by atoms with Gasteiger partial charge in [0.15, 0.2) is 5.60 Å². The summed E-state index contributed by atoms with van der Waals surface area (Å²) in [4.78, 5) is 0. The van der Waals surface area contributed by atoms with E-state index in [0.717, 1.165) is 16.7 Å². The lowest BCUT2D eigenvalue weighted by molar-refractivity contribution is -0.269. The minimum atomic E-state index is -4.65. The lowest BCUT2D eigenvalue weighted by Crippen LogP contribution is -2.47. The van der Waals surface area contributed by atoms with Crippen molar-refractivity contribution in [3.8, 4) is 0 Å². The van der Waals surface area contributed by atoms with Crippen molar-refractivity contribution in [1.29, 1.82) is 0 Å². The average molecular weight is 355 g/mol. The Morgan fingerprint density at radius 1 is 1.32 bits per heavy atom. The van der Waals surface area contributed by atoms with Crippen LogP contribution in [0.3, 0.4) is 0 Å². The maximum Gasteiger partial charge on any atom is 0.417 e. The predicted octanol–water partition coefficient (Wildman–Crippen LogP) is 5.34. The van der Waals surface area contributed by atoms with Crippen molar-refractivity contribution in [3.05, 3.63) is 59.4 Å². The molecule has 140 valence electrons. The molecule has 0 saturated heterocycles. The van der Waals surface area contributed by atoms with Crippen LogP contribution in [0.1, 0.15) is 47.0 Å². The molecule has 0 bridgehead atoms. The number of halogens is 3. The Bertz CT molecular complexity index is 621. The van der Waals surface area contributed by atoms with Crippen molar-refractivity contribution in [2.45, 2.75) is 58.7 Å². The van der Waals surface area contributed by atoms with Crippen LogP contribution in [0.2, 0.25) is 0 Å². The van der Waals surface area contributed by atoms with E-state index >= 15 is 0 Å². The zero-order chi connectivity index (χ0) is 19.3. The Kier molecular flexibility index (Phi) is 6.89. The monoisotopic (exact) mass is 355 g/mol. The van der Waals surface area contributed by atoms with E-state index in [1.807, 2.05) is 43.4 Å². The standard InChI is InChI=1S/C20H28F3NO/c1-5-8-16(13-24)15-9-7-10-17(12-11-15)18(3,4)14-19(25,6-2)20(21,22)23/h5,7-10,12-13,25H,6,11,14,24H2,1-4H3/b8-5-,16-13+. The van der Waals surface area contributed by atoms with Gasteiger partial charge in [0.2, 0.25) is 0 Å². The van der Waals surface area contributed by atoms with Crippen molar-refractivity contribution in [2.75, 3.05) is 0 Å². The fourth-order valence-corrected chi connectivity index (χ4v) is 3.05. The molecule has 0 aromatic rings. The van der Waals surface area contributed by atoms with Crippen LogP contribution in [0.25, 0.3) is 0 Å². The molecule has 1 atom stereocenters. The first kappa shape index (κ1) is 21.3. The third-order valence-corrected chi connectivity index (χ3v) is 4.64. The zero-order valence-corrected chi connectivity index (χ0v) is 15.3. The Hall–Kier alpha value is -1.75. The highest BCUT2D eigenvalue weighted by atomic mass is 19.4. The molecular formula is C20H28F3NO. The molecule has 0 aliphatic heterocycles. The fraction of sp³-hybridized carbons (Fsp3) is 0.500. The summed E-state index contributed by atoms with van der Waals surface area (Å²) in [7, 11) is 0. The lowest BCUT2D eigenvalue weighted by atomic mass is 9.73. The van der Waals surface area contributed by atoms with Gasteiger partial charge in [-0.25, -0.2) is 0 Å². The summed E-state index contributed by atoms with van der Waals surface area (Å²) in [6.45, 7) is 6.71. The Morgan fingerprint density at radius 2 is 1.96 bits per heavy atom. The highest BCUT2D eigenvalue weighted by molar-refractivity contribution is 5.46. The SMILES string of the molecule is C/C=C\C(=C/N)C1=CC=CC(C(C)(C)CC(O)(CC)C(F)(F)F)=CC1.